The normalized spacial score (nSPS) is 15.0. The quantitative estimate of drug-likeness (QED) is 0.934. The molecule has 5 nitrogen and oxygen atoms in total. The molecule has 0 saturated carbocycles. The zero-order valence-electron chi connectivity index (χ0n) is 14.4. The molecule has 1 N–H and O–H groups in total. The number of hydrogen-bond donors (Lipinski definition) is 1. The number of amides is 1. The zero-order chi connectivity index (χ0) is 16.9. The van der Waals surface area contributed by atoms with Gasteiger partial charge in [-0.25, -0.2) is 9.97 Å². The molecule has 126 valence electrons. The van der Waals surface area contributed by atoms with Gasteiger partial charge in [-0.05, 0) is 44.9 Å². The number of benzene rings is 1. The van der Waals surface area contributed by atoms with Crippen LogP contribution in [0.25, 0.3) is 0 Å². The summed E-state index contributed by atoms with van der Waals surface area (Å²) in [5.74, 6) is 0.478. The van der Waals surface area contributed by atoms with Crippen molar-refractivity contribution in [2.75, 3.05) is 23.3 Å². The molecule has 1 aromatic heterocycles. The summed E-state index contributed by atoms with van der Waals surface area (Å²) < 4.78 is 0. The Hall–Kier alpha value is -2.43. The molecule has 0 aliphatic carbocycles. The lowest BCUT2D eigenvalue weighted by Crippen LogP contribution is -2.27. The van der Waals surface area contributed by atoms with E-state index in [0.717, 1.165) is 42.9 Å². The second kappa shape index (κ2) is 7.43. The van der Waals surface area contributed by atoms with Crippen LogP contribution in [0.4, 0.5) is 11.6 Å². The molecule has 2 aromatic rings. The Morgan fingerprint density at radius 1 is 1.00 bits per heavy atom. The first kappa shape index (κ1) is 16.4. The van der Waals surface area contributed by atoms with E-state index in [4.69, 9.17) is 0 Å². The van der Waals surface area contributed by atoms with Gasteiger partial charge in [0.05, 0.1) is 0 Å². The number of nitrogens with zero attached hydrogens (tertiary/aromatic N) is 3. The summed E-state index contributed by atoms with van der Waals surface area (Å²) in [4.78, 5) is 23.8. The summed E-state index contributed by atoms with van der Waals surface area (Å²) in [5.41, 5.74) is 3.17. The highest BCUT2D eigenvalue weighted by atomic mass is 16.1. The SMILES string of the molecule is Cc1ccc(NC(=O)c2cc(C)nc(N3CCCCCC3)n2)cc1. The number of aryl methyl sites for hydroxylation is 2. The highest BCUT2D eigenvalue weighted by Gasteiger charge is 2.16. The molecule has 1 fully saturated rings. The first-order chi connectivity index (χ1) is 11.6. The smallest absolute Gasteiger partial charge is 0.274 e. The Labute approximate surface area is 143 Å². The molecule has 0 spiro atoms. The molecule has 1 aliphatic rings. The summed E-state index contributed by atoms with van der Waals surface area (Å²) in [5, 5.41) is 2.91. The van der Waals surface area contributed by atoms with Crippen LogP contribution in [0, 0.1) is 13.8 Å². The topological polar surface area (TPSA) is 58.1 Å². The van der Waals surface area contributed by atoms with Crippen LogP contribution in [-0.4, -0.2) is 29.0 Å². The third kappa shape index (κ3) is 4.10. The molecule has 0 atom stereocenters. The first-order valence-electron chi connectivity index (χ1n) is 8.60. The van der Waals surface area contributed by atoms with Crippen molar-refractivity contribution >= 4 is 17.5 Å². The van der Waals surface area contributed by atoms with Gasteiger partial charge in [0.15, 0.2) is 0 Å². The number of hydrogen-bond acceptors (Lipinski definition) is 4. The molecule has 24 heavy (non-hydrogen) atoms. The van der Waals surface area contributed by atoms with Crippen LogP contribution in [0.3, 0.4) is 0 Å². The van der Waals surface area contributed by atoms with Crippen LogP contribution in [-0.2, 0) is 0 Å². The maximum absolute atomic E-state index is 12.5. The van der Waals surface area contributed by atoms with Crippen LogP contribution >= 0.6 is 0 Å². The molecule has 2 heterocycles. The van der Waals surface area contributed by atoms with Gasteiger partial charge in [-0.2, -0.15) is 0 Å². The van der Waals surface area contributed by atoms with E-state index in [9.17, 15) is 4.79 Å². The van der Waals surface area contributed by atoms with Crippen molar-refractivity contribution in [3.05, 3.63) is 47.3 Å². The van der Waals surface area contributed by atoms with Gasteiger partial charge in [0.25, 0.3) is 5.91 Å². The number of aromatic nitrogens is 2. The Balaban J connectivity index is 1.79. The van der Waals surface area contributed by atoms with E-state index in [1.54, 1.807) is 6.07 Å². The van der Waals surface area contributed by atoms with Crippen molar-refractivity contribution in [3.8, 4) is 0 Å². The maximum atomic E-state index is 12.5. The fourth-order valence-electron chi connectivity index (χ4n) is 2.91. The van der Waals surface area contributed by atoms with Gasteiger partial charge < -0.3 is 10.2 Å². The highest BCUT2D eigenvalue weighted by molar-refractivity contribution is 6.03. The fourth-order valence-corrected chi connectivity index (χ4v) is 2.91. The predicted molar refractivity (Wildman–Crippen MR) is 96.6 cm³/mol. The predicted octanol–water partition coefficient (Wildman–Crippen LogP) is 3.73. The van der Waals surface area contributed by atoms with Gasteiger partial charge in [-0.1, -0.05) is 30.5 Å². The van der Waals surface area contributed by atoms with E-state index >= 15 is 0 Å². The molecule has 0 bridgehead atoms. The molecule has 1 aliphatic heterocycles. The summed E-state index contributed by atoms with van der Waals surface area (Å²) in [6.45, 7) is 5.85. The lowest BCUT2D eigenvalue weighted by molar-refractivity contribution is 0.102. The summed E-state index contributed by atoms with van der Waals surface area (Å²) in [6, 6.07) is 9.49. The van der Waals surface area contributed by atoms with Gasteiger partial charge >= 0.3 is 0 Å². The van der Waals surface area contributed by atoms with E-state index in [1.807, 2.05) is 38.1 Å². The average Bonchev–Trinajstić information content (AvgIpc) is 2.86. The number of rotatable bonds is 3. The van der Waals surface area contributed by atoms with Gasteiger partial charge in [-0.15, -0.1) is 0 Å². The van der Waals surface area contributed by atoms with Gasteiger partial charge in [0.1, 0.15) is 5.69 Å². The maximum Gasteiger partial charge on any atom is 0.274 e. The zero-order valence-corrected chi connectivity index (χ0v) is 14.4. The summed E-state index contributed by atoms with van der Waals surface area (Å²) in [7, 11) is 0. The third-order valence-electron chi connectivity index (χ3n) is 4.27. The number of nitrogens with one attached hydrogen (secondary N) is 1. The first-order valence-corrected chi connectivity index (χ1v) is 8.60. The third-order valence-corrected chi connectivity index (χ3v) is 4.27. The van der Waals surface area contributed by atoms with Crippen LogP contribution < -0.4 is 10.2 Å². The van der Waals surface area contributed by atoms with E-state index in [2.05, 4.69) is 20.2 Å². The van der Waals surface area contributed by atoms with E-state index < -0.39 is 0 Å². The highest BCUT2D eigenvalue weighted by Crippen LogP contribution is 2.17. The Morgan fingerprint density at radius 3 is 2.33 bits per heavy atom. The Kier molecular flexibility index (Phi) is 5.08. The number of anilines is 2. The van der Waals surface area contributed by atoms with Crippen molar-refractivity contribution in [1.29, 1.82) is 0 Å². The monoisotopic (exact) mass is 324 g/mol. The fraction of sp³-hybridized carbons (Fsp3) is 0.421. The van der Waals surface area contributed by atoms with Gasteiger partial charge in [-0.3, -0.25) is 4.79 Å². The standard InChI is InChI=1S/C19H24N4O/c1-14-7-9-16(10-8-14)21-18(24)17-13-15(2)20-19(22-17)23-11-5-3-4-6-12-23/h7-10,13H,3-6,11-12H2,1-2H3,(H,21,24). The van der Waals surface area contributed by atoms with Crippen molar-refractivity contribution < 1.29 is 4.79 Å². The van der Waals surface area contributed by atoms with Crippen LogP contribution in [0.2, 0.25) is 0 Å². The minimum absolute atomic E-state index is 0.194. The molecule has 5 heteroatoms. The molecule has 3 rings (SSSR count). The van der Waals surface area contributed by atoms with E-state index in [-0.39, 0.29) is 5.91 Å². The van der Waals surface area contributed by atoms with E-state index in [0.29, 0.717) is 11.6 Å². The average molecular weight is 324 g/mol. The molecular formula is C19H24N4O. The molecule has 0 radical (unpaired) electrons. The van der Waals surface area contributed by atoms with Crippen molar-refractivity contribution in [3.63, 3.8) is 0 Å². The summed E-state index contributed by atoms with van der Waals surface area (Å²) >= 11 is 0. The molecule has 0 unspecified atom stereocenters. The van der Waals surface area contributed by atoms with Crippen molar-refractivity contribution in [1.82, 2.24) is 9.97 Å². The molecule has 1 amide bonds. The van der Waals surface area contributed by atoms with Crippen molar-refractivity contribution in [2.24, 2.45) is 0 Å². The summed E-state index contributed by atoms with van der Waals surface area (Å²) in [6.07, 6.45) is 4.82. The lowest BCUT2D eigenvalue weighted by Gasteiger charge is -2.21. The second-order valence-electron chi connectivity index (χ2n) is 6.42. The van der Waals surface area contributed by atoms with Crippen LogP contribution in [0.15, 0.2) is 30.3 Å². The molecule has 1 aromatic carbocycles. The van der Waals surface area contributed by atoms with Gasteiger partial charge in [0, 0.05) is 24.5 Å². The number of carbonyl (C=O) groups excluding carboxylic acids is 1. The molecular weight excluding hydrogens is 300 g/mol. The lowest BCUT2D eigenvalue weighted by atomic mass is 10.2. The van der Waals surface area contributed by atoms with Crippen LogP contribution in [0.1, 0.15) is 47.4 Å². The minimum atomic E-state index is -0.194. The van der Waals surface area contributed by atoms with Crippen LogP contribution in [0.5, 0.6) is 0 Å². The largest absolute Gasteiger partial charge is 0.341 e. The van der Waals surface area contributed by atoms with E-state index in [1.165, 1.54) is 12.8 Å². The second-order valence-corrected chi connectivity index (χ2v) is 6.42. The Bertz CT molecular complexity index is 704. The Morgan fingerprint density at radius 2 is 1.67 bits per heavy atom. The van der Waals surface area contributed by atoms with Crippen molar-refractivity contribution in [2.45, 2.75) is 39.5 Å². The minimum Gasteiger partial charge on any atom is -0.341 e. The molecule has 1 saturated heterocycles. The van der Waals surface area contributed by atoms with Gasteiger partial charge in [0.2, 0.25) is 5.95 Å². The number of carbonyl (C=O) groups is 1.